The second-order valence-corrected chi connectivity index (χ2v) is 5.23. The van der Waals surface area contributed by atoms with Gasteiger partial charge in [-0.3, -0.25) is 10.6 Å². The van der Waals surface area contributed by atoms with Crippen molar-refractivity contribution in [3.8, 4) is 0 Å². The van der Waals surface area contributed by atoms with Gasteiger partial charge in [-0.1, -0.05) is 26.7 Å². The van der Waals surface area contributed by atoms with E-state index in [1.165, 1.54) is 0 Å². The number of unbranched alkanes of at least 4 members (excludes halogenated alkanes) is 2. The van der Waals surface area contributed by atoms with E-state index >= 15 is 0 Å². The fourth-order valence-electron chi connectivity index (χ4n) is 2.32. The maximum atomic E-state index is 9.95. The molecule has 4 unspecified atom stereocenters. The van der Waals surface area contributed by atoms with Gasteiger partial charge >= 0.3 is 0 Å². The molecule has 4 N–H and O–H groups in total. The van der Waals surface area contributed by atoms with Crippen LogP contribution in [0.4, 0.5) is 0 Å². The van der Waals surface area contributed by atoms with Crippen LogP contribution in [0.15, 0.2) is 0 Å². The summed E-state index contributed by atoms with van der Waals surface area (Å²) in [5, 5.41) is 26.6. The third-order valence-corrected chi connectivity index (χ3v) is 3.55. The first kappa shape index (κ1) is 15.8. The zero-order valence-corrected chi connectivity index (χ0v) is 11.7. The molecule has 0 bridgehead atoms. The minimum Gasteiger partial charge on any atom is -0.387 e. The van der Waals surface area contributed by atoms with Crippen LogP contribution in [-0.2, 0) is 0 Å². The van der Waals surface area contributed by atoms with Crippen molar-refractivity contribution in [1.82, 2.24) is 10.6 Å². The van der Waals surface area contributed by atoms with Crippen LogP contribution in [-0.4, -0.2) is 47.6 Å². The second kappa shape index (κ2) is 8.75. The van der Waals surface area contributed by atoms with Crippen LogP contribution < -0.4 is 10.6 Å². The van der Waals surface area contributed by atoms with Crippen LogP contribution >= 0.6 is 0 Å². The minimum absolute atomic E-state index is 0.000855. The average Bonchev–Trinajstić information content (AvgIpc) is 2.34. The van der Waals surface area contributed by atoms with Gasteiger partial charge in [0.05, 0.1) is 0 Å². The van der Waals surface area contributed by atoms with Crippen LogP contribution in [0.2, 0.25) is 0 Å². The molecule has 1 rings (SSSR count). The Morgan fingerprint density at radius 3 is 1.78 bits per heavy atom. The molecule has 0 amide bonds. The molecule has 0 saturated heterocycles. The minimum atomic E-state index is -0.471. The van der Waals surface area contributed by atoms with Crippen LogP contribution in [0.3, 0.4) is 0 Å². The molecular weight excluding hydrogens is 228 g/mol. The highest BCUT2D eigenvalue weighted by atomic mass is 16.3. The monoisotopic (exact) mass is 257 g/mol. The zero-order chi connectivity index (χ0) is 13.4. The van der Waals surface area contributed by atoms with Crippen molar-refractivity contribution in [1.29, 1.82) is 0 Å². The summed E-state index contributed by atoms with van der Waals surface area (Å²) in [5.74, 6) is 0. The van der Waals surface area contributed by atoms with Gasteiger partial charge in [0.2, 0.25) is 0 Å². The predicted molar refractivity (Wildman–Crippen MR) is 74.3 cm³/mol. The van der Waals surface area contributed by atoms with Gasteiger partial charge < -0.3 is 10.2 Å². The molecule has 18 heavy (non-hydrogen) atoms. The third-order valence-electron chi connectivity index (χ3n) is 3.55. The van der Waals surface area contributed by atoms with Crippen molar-refractivity contribution < 1.29 is 10.2 Å². The predicted octanol–water partition coefficient (Wildman–Crippen LogP) is 0.833. The van der Waals surface area contributed by atoms with Gasteiger partial charge in [-0.25, -0.2) is 0 Å². The molecule has 1 fully saturated rings. The van der Waals surface area contributed by atoms with Crippen LogP contribution in [0.1, 0.15) is 46.0 Å². The van der Waals surface area contributed by atoms with E-state index in [1.807, 2.05) is 6.42 Å². The smallest absolute Gasteiger partial charge is 0.177 e. The summed E-state index contributed by atoms with van der Waals surface area (Å²) in [5.41, 5.74) is 0. The van der Waals surface area contributed by atoms with E-state index < -0.39 is 12.2 Å². The van der Waals surface area contributed by atoms with Crippen molar-refractivity contribution in [2.24, 2.45) is 0 Å². The standard InChI is InChI=1S/C14H29N2O2/c1-3-5-7-15-11-9-12(16-8-6-4-2)14(18)10-13(11)17/h9,11-18H,3-8,10H2,1-2H3/q+1. The van der Waals surface area contributed by atoms with Crippen molar-refractivity contribution >= 4 is 0 Å². The molecule has 106 valence electrons. The summed E-state index contributed by atoms with van der Waals surface area (Å²) in [6.45, 7) is 6.15. The molecule has 1 aliphatic rings. The Labute approximate surface area is 111 Å². The average molecular weight is 257 g/mol. The van der Waals surface area contributed by atoms with Crippen LogP contribution in [0, 0.1) is 6.42 Å². The first-order chi connectivity index (χ1) is 8.69. The molecular formula is C14H29N2O2+. The van der Waals surface area contributed by atoms with Crippen LogP contribution in [0.5, 0.6) is 0 Å². The van der Waals surface area contributed by atoms with E-state index in [4.69, 9.17) is 0 Å². The van der Waals surface area contributed by atoms with E-state index in [-0.39, 0.29) is 12.1 Å². The van der Waals surface area contributed by atoms with Gasteiger partial charge in [0, 0.05) is 6.42 Å². The highest BCUT2D eigenvalue weighted by Gasteiger charge is 2.42. The first-order valence-corrected chi connectivity index (χ1v) is 7.36. The molecule has 1 aliphatic carbocycles. The largest absolute Gasteiger partial charge is 0.387 e. The van der Waals surface area contributed by atoms with Gasteiger partial charge in [-0.15, -0.1) is 0 Å². The Bertz CT molecular complexity index is 194. The maximum Gasteiger partial charge on any atom is 0.177 e. The Morgan fingerprint density at radius 1 is 0.944 bits per heavy atom. The van der Waals surface area contributed by atoms with E-state index in [9.17, 15) is 10.2 Å². The molecule has 4 heteroatoms. The SMILES string of the molecule is CCCCNC1[CH+]C(NCCCC)C(O)CC1O. The summed E-state index contributed by atoms with van der Waals surface area (Å²) in [4.78, 5) is 0. The normalized spacial score (nSPS) is 32.2. The van der Waals surface area contributed by atoms with Gasteiger partial charge in [0.1, 0.15) is 18.6 Å². The number of aliphatic hydroxyl groups excluding tert-OH is 2. The van der Waals surface area contributed by atoms with Gasteiger partial charge in [-0.2, -0.15) is 0 Å². The lowest BCUT2D eigenvalue weighted by molar-refractivity contribution is 0.0203. The molecule has 0 radical (unpaired) electrons. The van der Waals surface area contributed by atoms with Gasteiger partial charge in [0.25, 0.3) is 0 Å². The highest BCUT2D eigenvalue weighted by Crippen LogP contribution is 2.19. The van der Waals surface area contributed by atoms with E-state index in [0.29, 0.717) is 6.42 Å². The van der Waals surface area contributed by atoms with Crippen molar-refractivity contribution in [2.75, 3.05) is 13.1 Å². The molecule has 0 heterocycles. The van der Waals surface area contributed by atoms with Crippen molar-refractivity contribution in [2.45, 2.75) is 70.2 Å². The second-order valence-electron chi connectivity index (χ2n) is 5.23. The summed E-state index contributed by atoms with van der Waals surface area (Å²) >= 11 is 0. The lowest BCUT2D eigenvalue weighted by atomic mass is 9.86. The molecule has 1 saturated carbocycles. The van der Waals surface area contributed by atoms with Gasteiger partial charge in [0.15, 0.2) is 12.1 Å². The number of nitrogens with one attached hydrogen (secondary N) is 2. The van der Waals surface area contributed by atoms with E-state index in [2.05, 4.69) is 24.5 Å². The number of hydrogen-bond donors (Lipinski definition) is 4. The van der Waals surface area contributed by atoms with Crippen molar-refractivity contribution in [3.63, 3.8) is 0 Å². The Kier molecular flexibility index (Phi) is 7.66. The lowest BCUT2D eigenvalue weighted by Crippen LogP contribution is -2.56. The Balaban J connectivity index is 2.34. The lowest BCUT2D eigenvalue weighted by Gasteiger charge is -2.30. The summed E-state index contributed by atoms with van der Waals surface area (Å²) in [6.07, 6.45) is 6.07. The quantitative estimate of drug-likeness (QED) is 0.384. The van der Waals surface area contributed by atoms with Gasteiger partial charge in [-0.05, 0) is 25.9 Å². The Hall–Kier alpha value is -0.290. The zero-order valence-electron chi connectivity index (χ0n) is 11.7. The highest BCUT2D eigenvalue weighted by molar-refractivity contribution is 5.05. The molecule has 4 nitrogen and oxygen atoms in total. The number of hydrogen-bond acceptors (Lipinski definition) is 4. The third kappa shape index (κ3) is 5.14. The van der Waals surface area contributed by atoms with E-state index in [1.54, 1.807) is 0 Å². The molecule has 0 aliphatic heterocycles. The molecule has 0 spiro atoms. The molecule has 0 aromatic rings. The van der Waals surface area contributed by atoms with E-state index in [0.717, 1.165) is 38.8 Å². The van der Waals surface area contributed by atoms with Crippen molar-refractivity contribution in [3.05, 3.63) is 6.42 Å². The molecule has 4 atom stereocenters. The topological polar surface area (TPSA) is 64.5 Å². The molecule has 0 aromatic heterocycles. The fourth-order valence-corrected chi connectivity index (χ4v) is 2.32. The fraction of sp³-hybridized carbons (Fsp3) is 0.929. The number of rotatable bonds is 8. The van der Waals surface area contributed by atoms with Crippen LogP contribution in [0.25, 0.3) is 0 Å². The first-order valence-electron chi connectivity index (χ1n) is 7.36. The maximum absolute atomic E-state index is 9.95. The summed E-state index contributed by atoms with van der Waals surface area (Å²) in [6, 6.07) is -0.00171. The number of aliphatic hydroxyl groups is 2. The molecule has 0 aromatic carbocycles. The summed E-state index contributed by atoms with van der Waals surface area (Å²) < 4.78 is 0. The Morgan fingerprint density at radius 2 is 1.39 bits per heavy atom. The summed E-state index contributed by atoms with van der Waals surface area (Å²) in [7, 11) is 0.